The number of carbonyl (C=O) groups is 1. The first-order valence-electron chi connectivity index (χ1n) is 5.33. The number of aliphatic hydroxyl groups is 2. The van der Waals surface area contributed by atoms with E-state index in [9.17, 15) is 15.0 Å². The normalized spacial score (nSPS) is 25.1. The number of hydrogen-bond acceptors (Lipinski definition) is 5. The van der Waals surface area contributed by atoms with Gasteiger partial charge in [0, 0.05) is 25.8 Å². The predicted molar refractivity (Wildman–Crippen MR) is 58.5 cm³/mol. The number of pyridine rings is 1. The Morgan fingerprint density at radius 2 is 2.00 bits per heavy atom. The number of carboxylic acid groups (broad SMARTS) is 1. The first kappa shape index (κ1) is 12.0. The monoisotopic (exact) mass is 238 g/mol. The second kappa shape index (κ2) is 4.79. The number of rotatable bonds is 3. The van der Waals surface area contributed by atoms with E-state index in [-0.39, 0.29) is 5.56 Å². The van der Waals surface area contributed by atoms with Crippen LogP contribution in [0.2, 0.25) is 0 Å². The van der Waals surface area contributed by atoms with E-state index in [0.717, 1.165) is 5.69 Å². The van der Waals surface area contributed by atoms with Crippen LogP contribution < -0.4 is 0 Å². The molecule has 1 aliphatic rings. The lowest BCUT2D eigenvalue weighted by atomic mass is 10.2. The van der Waals surface area contributed by atoms with Crippen molar-refractivity contribution in [2.45, 2.75) is 18.8 Å². The molecule has 0 saturated carbocycles. The van der Waals surface area contributed by atoms with Crippen molar-refractivity contribution in [3.63, 3.8) is 0 Å². The number of carboxylic acids is 1. The maximum Gasteiger partial charge on any atom is 0.337 e. The molecule has 2 heterocycles. The molecule has 2 unspecified atom stereocenters. The lowest BCUT2D eigenvalue weighted by Gasteiger charge is -2.13. The van der Waals surface area contributed by atoms with Crippen molar-refractivity contribution in [1.29, 1.82) is 0 Å². The molecule has 1 aromatic heterocycles. The molecule has 0 aromatic carbocycles. The fraction of sp³-hybridized carbons (Fsp3) is 0.455. The van der Waals surface area contributed by atoms with Gasteiger partial charge in [-0.3, -0.25) is 9.88 Å². The molecular weight excluding hydrogens is 224 g/mol. The van der Waals surface area contributed by atoms with Crippen molar-refractivity contribution >= 4 is 5.97 Å². The van der Waals surface area contributed by atoms with Gasteiger partial charge in [0.15, 0.2) is 0 Å². The molecule has 2 atom stereocenters. The fourth-order valence-corrected chi connectivity index (χ4v) is 1.85. The van der Waals surface area contributed by atoms with Gasteiger partial charge in [-0.1, -0.05) is 0 Å². The predicted octanol–water partition coefficient (Wildman–Crippen LogP) is -0.683. The minimum Gasteiger partial charge on any atom is -0.478 e. The zero-order valence-electron chi connectivity index (χ0n) is 9.15. The second-order valence-electron chi connectivity index (χ2n) is 4.17. The van der Waals surface area contributed by atoms with E-state index in [1.54, 1.807) is 6.07 Å². The summed E-state index contributed by atoms with van der Waals surface area (Å²) in [5.41, 5.74) is 0.867. The summed E-state index contributed by atoms with van der Waals surface area (Å²) in [7, 11) is 0. The third-order valence-corrected chi connectivity index (χ3v) is 2.79. The highest BCUT2D eigenvalue weighted by atomic mass is 16.4. The molecule has 1 aromatic rings. The molecule has 0 spiro atoms. The van der Waals surface area contributed by atoms with Gasteiger partial charge in [-0.15, -0.1) is 0 Å². The van der Waals surface area contributed by atoms with Crippen LogP contribution in [0.3, 0.4) is 0 Å². The number of nitrogens with zero attached hydrogens (tertiary/aromatic N) is 2. The van der Waals surface area contributed by atoms with Crippen LogP contribution in [0, 0.1) is 0 Å². The average Bonchev–Trinajstić information content (AvgIpc) is 2.58. The zero-order valence-corrected chi connectivity index (χ0v) is 9.15. The fourth-order valence-electron chi connectivity index (χ4n) is 1.85. The van der Waals surface area contributed by atoms with Gasteiger partial charge in [-0.2, -0.15) is 0 Å². The van der Waals surface area contributed by atoms with Gasteiger partial charge in [0.1, 0.15) is 0 Å². The Balaban J connectivity index is 1.98. The Morgan fingerprint density at radius 1 is 1.35 bits per heavy atom. The average molecular weight is 238 g/mol. The minimum absolute atomic E-state index is 0.148. The topological polar surface area (TPSA) is 93.9 Å². The third kappa shape index (κ3) is 2.79. The summed E-state index contributed by atoms with van der Waals surface area (Å²) in [5, 5.41) is 27.5. The Labute approximate surface area is 98.1 Å². The summed E-state index contributed by atoms with van der Waals surface area (Å²) in [6.45, 7) is 1.31. The van der Waals surface area contributed by atoms with Crippen molar-refractivity contribution in [2.24, 2.45) is 0 Å². The van der Waals surface area contributed by atoms with Gasteiger partial charge in [-0.05, 0) is 12.1 Å². The van der Waals surface area contributed by atoms with Gasteiger partial charge < -0.3 is 15.3 Å². The maximum atomic E-state index is 10.6. The van der Waals surface area contributed by atoms with Crippen LogP contribution >= 0.6 is 0 Å². The summed E-state index contributed by atoms with van der Waals surface area (Å²) in [4.78, 5) is 16.5. The molecule has 1 saturated heterocycles. The van der Waals surface area contributed by atoms with E-state index in [2.05, 4.69) is 4.98 Å². The molecule has 6 nitrogen and oxygen atoms in total. The Morgan fingerprint density at radius 3 is 2.47 bits per heavy atom. The highest BCUT2D eigenvalue weighted by Crippen LogP contribution is 2.13. The van der Waals surface area contributed by atoms with Crippen LogP contribution in [0.4, 0.5) is 0 Å². The molecule has 1 fully saturated rings. The molecule has 92 valence electrons. The van der Waals surface area contributed by atoms with Crippen molar-refractivity contribution in [3.8, 4) is 0 Å². The van der Waals surface area contributed by atoms with E-state index in [1.807, 2.05) is 4.90 Å². The van der Waals surface area contributed by atoms with E-state index in [0.29, 0.717) is 19.6 Å². The summed E-state index contributed by atoms with van der Waals surface area (Å²) in [6.07, 6.45) is -0.123. The van der Waals surface area contributed by atoms with Crippen molar-refractivity contribution < 1.29 is 20.1 Å². The smallest absolute Gasteiger partial charge is 0.337 e. The molecule has 2 rings (SSSR count). The summed E-state index contributed by atoms with van der Waals surface area (Å²) in [6, 6.07) is 3.13. The Hall–Kier alpha value is -1.50. The molecule has 0 aliphatic carbocycles. The number of hydrogen-bond donors (Lipinski definition) is 3. The molecule has 1 aliphatic heterocycles. The SMILES string of the molecule is O=C(O)c1ccc(CN2CC(O)C(O)C2)nc1. The molecule has 0 bridgehead atoms. The standard InChI is InChI=1S/C11H14N2O4/c14-9-5-13(6-10(9)15)4-8-2-1-7(3-12-8)11(16)17/h1-3,9-10,14-15H,4-6H2,(H,16,17). The number of likely N-dealkylation sites (tertiary alicyclic amines) is 1. The van der Waals surface area contributed by atoms with Crippen LogP contribution in [-0.2, 0) is 6.54 Å². The lowest BCUT2D eigenvalue weighted by Crippen LogP contribution is -2.22. The molecule has 6 heteroatoms. The van der Waals surface area contributed by atoms with E-state index >= 15 is 0 Å². The van der Waals surface area contributed by atoms with Gasteiger partial charge in [0.2, 0.25) is 0 Å². The Kier molecular flexibility index (Phi) is 3.37. The Bertz CT molecular complexity index is 396. The van der Waals surface area contributed by atoms with Crippen LogP contribution in [0.15, 0.2) is 18.3 Å². The van der Waals surface area contributed by atoms with Crippen LogP contribution in [0.25, 0.3) is 0 Å². The number of aromatic carboxylic acids is 1. The van der Waals surface area contributed by atoms with Crippen molar-refractivity contribution in [1.82, 2.24) is 9.88 Å². The van der Waals surface area contributed by atoms with Crippen LogP contribution in [0.5, 0.6) is 0 Å². The molecule has 0 amide bonds. The van der Waals surface area contributed by atoms with Crippen molar-refractivity contribution in [2.75, 3.05) is 13.1 Å². The lowest BCUT2D eigenvalue weighted by molar-refractivity contribution is 0.0572. The second-order valence-corrected chi connectivity index (χ2v) is 4.17. The molecule has 17 heavy (non-hydrogen) atoms. The summed E-state index contributed by atoms with van der Waals surface area (Å²) < 4.78 is 0. The first-order chi connectivity index (χ1) is 8.06. The van der Waals surface area contributed by atoms with E-state index in [4.69, 9.17) is 5.11 Å². The highest BCUT2D eigenvalue weighted by Gasteiger charge is 2.29. The molecule has 3 N–H and O–H groups in total. The van der Waals surface area contributed by atoms with Crippen LogP contribution in [0.1, 0.15) is 16.1 Å². The number of aliphatic hydroxyl groups excluding tert-OH is 2. The third-order valence-electron chi connectivity index (χ3n) is 2.79. The summed E-state index contributed by atoms with van der Waals surface area (Å²) >= 11 is 0. The maximum absolute atomic E-state index is 10.6. The van der Waals surface area contributed by atoms with E-state index < -0.39 is 18.2 Å². The highest BCUT2D eigenvalue weighted by molar-refractivity contribution is 5.87. The van der Waals surface area contributed by atoms with Crippen molar-refractivity contribution in [3.05, 3.63) is 29.6 Å². The van der Waals surface area contributed by atoms with Gasteiger partial charge in [0.25, 0.3) is 0 Å². The van der Waals surface area contributed by atoms with Gasteiger partial charge in [-0.25, -0.2) is 4.79 Å². The zero-order chi connectivity index (χ0) is 12.4. The minimum atomic E-state index is -1.00. The van der Waals surface area contributed by atoms with Gasteiger partial charge in [0.05, 0.1) is 23.5 Å². The largest absolute Gasteiger partial charge is 0.478 e. The number of β-amino-alcohol motifs (C(OH)–C–C–N with tert-alkyl or cyclic N) is 2. The number of aromatic nitrogens is 1. The first-order valence-corrected chi connectivity index (χ1v) is 5.33. The quantitative estimate of drug-likeness (QED) is 0.646. The molecular formula is C11H14N2O4. The van der Waals surface area contributed by atoms with Gasteiger partial charge >= 0.3 is 5.97 Å². The summed E-state index contributed by atoms with van der Waals surface area (Å²) in [5.74, 6) is -1.00. The van der Waals surface area contributed by atoms with Crippen LogP contribution in [-0.4, -0.2) is 56.5 Å². The van der Waals surface area contributed by atoms with E-state index in [1.165, 1.54) is 12.3 Å². The molecule has 0 radical (unpaired) electrons.